The summed E-state index contributed by atoms with van der Waals surface area (Å²) >= 11 is 3.57. The van der Waals surface area contributed by atoms with Gasteiger partial charge in [0.25, 0.3) is 0 Å². The lowest BCUT2D eigenvalue weighted by Gasteiger charge is -2.06. The third kappa shape index (κ3) is 1.80. The van der Waals surface area contributed by atoms with Crippen LogP contribution in [0.15, 0.2) is 81.7 Å². The van der Waals surface area contributed by atoms with Crippen LogP contribution in [0.3, 0.4) is 0 Å². The second-order valence-corrected chi connectivity index (χ2v) is 6.53. The van der Waals surface area contributed by atoms with Crippen LogP contribution < -0.4 is 0 Å². The van der Waals surface area contributed by atoms with E-state index in [4.69, 9.17) is 4.42 Å². The van der Waals surface area contributed by atoms with E-state index in [-0.39, 0.29) is 0 Å². The van der Waals surface area contributed by atoms with E-state index in [0.717, 1.165) is 32.4 Å². The molecule has 0 N–H and O–H groups in total. The van der Waals surface area contributed by atoms with Crippen molar-refractivity contribution >= 4 is 48.9 Å². The molecule has 0 bridgehead atoms. The average molecular weight is 362 g/mol. The second-order valence-electron chi connectivity index (χ2n) is 5.61. The Morgan fingerprint density at radius 3 is 2.43 bits per heavy atom. The van der Waals surface area contributed by atoms with E-state index in [2.05, 4.69) is 69.0 Å². The first-order valence-electron chi connectivity index (χ1n) is 7.49. The molecular weight excluding hydrogens is 350 g/mol. The van der Waals surface area contributed by atoms with Gasteiger partial charge in [-0.15, -0.1) is 0 Å². The van der Waals surface area contributed by atoms with Gasteiger partial charge >= 0.3 is 0 Å². The maximum Gasteiger partial charge on any atom is 0.213 e. The molecule has 0 unspecified atom stereocenters. The molecule has 5 rings (SSSR count). The monoisotopic (exact) mass is 361 g/mol. The van der Waals surface area contributed by atoms with Crippen molar-refractivity contribution in [1.29, 1.82) is 0 Å². The third-order valence-electron chi connectivity index (χ3n) is 4.26. The number of furan rings is 1. The Balaban J connectivity index is 2.04. The van der Waals surface area contributed by atoms with Gasteiger partial charge in [-0.2, -0.15) is 0 Å². The zero-order valence-electron chi connectivity index (χ0n) is 12.2. The van der Waals surface area contributed by atoms with Crippen molar-refractivity contribution in [1.82, 2.24) is 4.57 Å². The van der Waals surface area contributed by atoms with Gasteiger partial charge in [-0.05, 0) is 30.3 Å². The van der Waals surface area contributed by atoms with Crippen LogP contribution in [0, 0.1) is 0 Å². The van der Waals surface area contributed by atoms with Crippen LogP contribution in [0.1, 0.15) is 0 Å². The highest BCUT2D eigenvalue weighted by atomic mass is 79.9. The number of hydrogen-bond donors (Lipinski definition) is 0. The first kappa shape index (κ1) is 13.0. The van der Waals surface area contributed by atoms with Gasteiger partial charge in [-0.3, -0.25) is 4.57 Å². The quantitative estimate of drug-likeness (QED) is 0.343. The van der Waals surface area contributed by atoms with Crippen LogP contribution in [-0.2, 0) is 0 Å². The van der Waals surface area contributed by atoms with Crippen LogP contribution >= 0.6 is 15.9 Å². The van der Waals surface area contributed by atoms with E-state index in [1.807, 2.05) is 24.3 Å². The summed E-state index contributed by atoms with van der Waals surface area (Å²) in [6.45, 7) is 0. The highest BCUT2D eigenvalue weighted by Gasteiger charge is 2.18. The topological polar surface area (TPSA) is 18.1 Å². The fourth-order valence-corrected chi connectivity index (χ4v) is 3.70. The molecule has 0 atom stereocenters. The summed E-state index contributed by atoms with van der Waals surface area (Å²) in [4.78, 5) is 0. The van der Waals surface area contributed by atoms with E-state index in [9.17, 15) is 0 Å². The summed E-state index contributed by atoms with van der Waals surface area (Å²) in [5.74, 6) is 0. The Bertz CT molecular complexity index is 1180. The summed E-state index contributed by atoms with van der Waals surface area (Å²) in [6, 6.07) is 24.9. The standard InChI is InChI=1S/C20H12BrNO/c21-13-6-5-7-14(12-13)22-17-10-3-1-8-15(17)19-16-9-2-4-11-18(16)23-20(19)22/h1-12H. The minimum atomic E-state index is 0.894. The van der Waals surface area contributed by atoms with E-state index < -0.39 is 0 Å². The van der Waals surface area contributed by atoms with Crippen molar-refractivity contribution < 1.29 is 4.42 Å². The Morgan fingerprint density at radius 2 is 1.57 bits per heavy atom. The number of hydrogen-bond acceptors (Lipinski definition) is 1. The zero-order chi connectivity index (χ0) is 15.4. The van der Waals surface area contributed by atoms with Crippen molar-refractivity contribution in [2.45, 2.75) is 0 Å². The SMILES string of the molecule is Brc1cccc(-n2c3ccccc3c3c4ccccc4oc32)c1. The summed E-state index contributed by atoms with van der Waals surface area (Å²) < 4.78 is 9.45. The van der Waals surface area contributed by atoms with Crippen LogP contribution in [-0.4, -0.2) is 4.57 Å². The molecule has 0 aliphatic carbocycles. The van der Waals surface area contributed by atoms with Crippen molar-refractivity contribution in [2.24, 2.45) is 0 Å². The molecule has 0 fully saturated rings. The minimum absolute atomic E-state index is 0.894. The Kier molecular flexibility index (Phi) is 2.67. The van der Waals surface area contributed by atoms with Gasteiger partial charge in [0.05, 0.1) is 16.6 Å². The number of benzene rings is 3. The van der Waals surface area contributed by atoms with Crippen molar-refractivity contribution in [3.05, 3.63) is 77.3 Å². The predicted molar refractivity (Wildman–Crippen MR) is 98.3 cm³/mol. The second kappa shape index (κ2) is 4.74. The number of nitrogens with zero attached hydrogens (tertiary/aromatic N) is 1. The Morgan fingerprint density at radius 1 is 0.783 bits per heavy atom. The lowest BCUT2D eigenvalue weighted by molar-refractivity contribution is 0.645. The molecule has 2 nitrogen and oxygen atoms in total. The van der Waals surface area contributed by atoms with E-state index >= 15 is 0 Å². The summed E-state index contributed by atoms with van der Waals surface area (Å²) in [5.41, 5.74) is 4.06. The van der Waals surface area contributed by atoms with Crippen molar-refractivity contribution in [2.75, 3.05) is 0 Å². The fourth-order valence-electron chi connectivity index (χ4n) is 3.31. The number of fused-ring (bicyclic) bond motifs is 5. The number of rotatable bonds is 1. The largest absolute Gasteiger partial charge is 0.439 e. The summed E-state index contributed by atoms with van der Waals surface area (Å²) in [7, 11) is 0. The van der Waals surface area contributed by atoms with Gasteiger partial charge < -0.3 is 4.42 Å². The van der Waals surface area contributed by atoms with Gasteiger partial charge in [-0.25, -0.2) is 0 Å². The van der Waals surface area contributed by atoms with Gasteiger partial charge in [0, 0.05) is 15.2 Å². The molecule has 110 valence electrons. The molecule has 0 amide bonds. The van der Waals surface area contributed by atoms with Gasteiger partial charge in [0.1, 0.15) is 5.58 Å². The van der Waals surface area contributed by atoms with Crippen LogP contribution in [0.25, 0.3) is 38.7 Å². The normalized spacial score (nSPS) is 11.7. The van der Waals surface area contributed by atoms with E-state index in [1.54, 1.807) is 0 Å². The van der Waals surface area contributed by atoms with Crippen molar-refractivity contribution in [3.63, 3.8) is 0 Å². The zero-order valence-corrected chi connectivity index (χ0v) is 13.7. The lowest BCUT2D eigenvalue weighted by atomic mass is 10.1. The minimum Gasteiger partial charge on any atom is -0.439 e. The van der Waals surface area contributed by atoms with E-state index in [1.165, 1.54) is 10.8 Å². The first-order valence-corrected chi connectivity index (χ1v) is 8.29. The highest BCUT2D eigenvalue weighted by molar-refractivity contribution is 9.10. The maximum atomic E-state index is 6.21. The van der Waals surface area contributed by atoms with E-state index in [0.29, 0.717) is 0 Å². The Hall–Kier alpha value is -2.52. The van der Waals surface area contributed by atoms with Gasteiger partial charge in [0.2, 0.25) is 5.71 Å². The Labute approximate surface area is 141 Å². The van der Waals surface area contributed by atoms with Crippen LogP contribution in [0.5, 0.6) is 0 Å². The summed E-state index contributed by atoms with van der Waals surface area (Å²) in [5, 5.41) is 3.55. The molecule has 0 spiro atoms. The van der Waals surface area contributed by atoms with Crippen molar-refractivity contribution in [3.8, 4) is 5.69 Å². The van der Waals surface area contributed by atoms with Crippen LogP contribution in [0.4, 0.5) is 0 Å². The molecular formula is C20H12BrNO. The molecule has 3 aromatic carbocycles. The average Bonchev–Trinajstić information content (AvgIpc) is 3.09. The number of aromatic nitrogens is 1. The van der Waals surface area contributed by atoms with Gasteiger partial charge in [-0.1, -0.05) is 58.4 Å². The molecule has 0 aliphatic heterocycles. The van der Waals surface area contributed by atoms with Gasteiger partial charge in [0.15, 0.2) is 0 Å². The molecule has 0 saturated heterocycles. The third-order valence-corrected chi connectivity index (χ3v) is 4.75. The molecule has 23 heavy (non-hydrogen) atoms. The maximum absolute atomic E-state index is 6.21. The highest BCUT2D eigenvalue weighted by Crippen LogP contribution is 2.38. The molecule has 3 heteroatoms. The molecule has 5 aromatic rings. The van der Waals surface area contributed by atoms with Crippen LogP contribution in [0.2, 0.25) is 0 Å². The molecule has 2 heterocycles. The lowest BCUT2D eigenvalue weighted by Crippen LogP contribution is -1.92. The molecule has 0 radical (unpaired) electrons. The predicted octanol–water partition coefficient (Wildman–Crippen LogP) is 6.29. The smallest absolute Gasteiger partial charge is 0.213 e. The number of halogens is 1. The summed E-state index contributed by atoms with van der Waals surface area (Å²) in [6.07, 6.45) is 0. The molecule has 0 saturated carbocycles. The number of para-hydroxylation sites is 2. The molecule has 2 aromatic heterocycles. The molecule has 0 aliphatic rings. The first-order chi connectivity index (χ1) is 11.3. The fraction of sp³-hybridized carbons (Fsp3) is 0.